The van der Waals surface area contributed by atoms with Crippen LogP contribution in [-0.4, -0.2) is 29.7 Å². The smallest absolute Gasteiger partial charge is 0.296 e. The summed E-state index contributed by atoms with van der Waals surface area (Å²) in [7, 11) is 0. The van der Waals surface area contributed by atoms with Crippen LogP contribution in [0.4, 0.5) is 10.1 Å². The molecule has 1 amide bonds. The summed E-state index contributed by atoms with van der Waals surface area (Å²) in [5.74, 6) is -0.624. The monoisotopic (exact) mass is 396 g/mol. The highest BCUT2D eigenvalue weighted by molar-refractivity contribution is 6.52. The van der Waals surface area contributed by atoms with Crippen molar-refractivity contribution in [2.24, 2.45) is 0 Å². The molecule has 1 fully saturated rings. The SMILES string of the molecule is C1CC1.CCN1CCc2c(Oc3cc(F)ccc3C)cc3c(c2C1)NC(=O)C3=O. The maximum atomic E-state index is 13.6. The lowest BCUT2D eigenvalue weighted by Crippen LogP contribution is -2.31. The number of nitrogens with zero attached hydrogens (tertiary/aromatic N) is 1. The number of carbonyl (C=O) groups excluding carboxylic acids is 2. The van der Waals surface area contributed by atoms with Gasteiger partial charge in [-0.05, 0) is 43.1 Å². The third-order valence-corrected chi connectivity index (χ3v) is 5.43. The highest BCUT2D eigenvalue weighted by Crippen LogP contribution is 2.41. The van der Waals surface area contributed by atoms with Crippen molar-refractivity contribution in [2.45, 2.75) is 46.1 Å². The van der Waals surface area contributed by atoms with Gasteiger partial charge >= 0.3 is 0 Å². The minimum atomic E-state index is -0.616. The lowest BCUT2D eigenvalue weighted by Gasteiger charge is -2.30. The molecule has 0 atom stereocenters. The van der Waals surface area contributed by atoms with Gasteiger partial charge in [-0.1, -0.05) is 32.3 Å². The quantitative estimate of drug-likeness (QED) is 0.770. The van der Waals surface area contributed by atoms with E-state index >= 15 is 0 Å². The molecule has 2 aromatic rings. The molecule has 0 radical (unpaired) electrons. The summed E-state index contributed by atoms with van der Waals surface area (Å²) in [6, 6.07) is 5.98. The molecular formula is C23H25FN2O3. The van der Waals surface area contributed by atoms with Crippen LogP contribution < -0.4 is 10.1 Å². The lowest BCUT2D eigenvalue weighted by molar-refractivity contribution is -0.112. The third kappa shape index (κ3) is 4.03. The molecule has 1 N–H and O–H groups in total. The molecule has 2 heterocycles. The molecule has 6 heteroatoms. The zero-order valence-electron chi connectivity index (χ0n) is 16.8. The van der Waals surface area contributed by atoms with Crippen molar-refractivity contribution in [3.63, 3.8) is 0 Å². The van der Waals surface area contributed by atoms with E-state index in [2.05, 4.69) is 17.1 Å². The van der Waals surface area contributed by atoms with Gasteiger partial charge in [-0.2, -0.15) is 0 Å². The van der Waals surface area contributed by atoms with E-state index in [9.17, 15) is 14.0 Å². The van der Waals surface area contributed by atoms with Crippen LogP contribution in [0.5, 0.6) is 11.5 Å². The second-order valence-electron chi connectivity index (χ2n) is 7.73. The van der Waals surface area contributed by atoms with Gasteiger partial charge in [0.1, 0.15) is 17.3 Å². The van der Waals surface area contributed by atoms with Crippen molar-refractivity contribution >= 4 is 17.4 Å². The first-order chi connectivity index (χ1) is 14.0. The van der Waals surface area contributed by atoms with E-state index in [4.69, 9.17) is 4.74 Å². The Morgan fingerprint density at radius 3 is 2.55 bits per heavy atom. The van der Waals surface area contributed by atoms with Crippen molar-refractivity contribution in [1.82, 2.24) is 4.90 Å². The Balaban J connectivity index is 0.000000626. The predicted octanol–water partition coefficient (Wildman–Crippen LogP) is 4.61. The second kappa shape index (κ2) is 7.95. The number of hydrogen-bond donors (Lipinski definition) is 1. The van der Waals surface area contributed by atoms with Gasteiger partial charge in [0.2, 0.25) is 0 Å². The first-order valence-electron chi connectivity index (χ1n) is 10.2. The first-order valence-corrected chi connectivity index (χ1v) is 10.2. The summed E-state index contributed by atoms with van der Waals surface area (Å²) in [5, 5.41) is 2.70. The maximum Gasteiger partial charge on any atom is 0.296 e. The van der Waals surface area contributed by atoms with E-state index in [1.54, 1.807) is 12.1 Å². The van der Waals surface area contributed by atoms with Crippen molar-refractivity contribution in [1.29, 1.82) is 0 Å². The summed E-state index contributed by atoms with van der Waals surface area (Å²) in [4.78, 5) is 26.3. The molecule has 0 aromatic heterocycles. The number of ketones is 1. The largest absolute Gasteiger partial charge is 0.457 e. The van der Waals surface area contributed by atoms with Crippen molar-refractivity contribution in [2.75, 3.05) is 18.4 Å². The minimum absolute atomic E-state index is 0.329. The highest BCUT2D eigenvalue weighted by atomic mass is 19.1. The van der Waals surface area contributed by atoms with E-state index in [-0.39, 0.29) is 5.82 Å². The minimum Gasteiger partial charge on any atom is -0.457 e. The Bertz CT molecular complexity index is 982. The number of anilines is 1. The summed E-state index contributed by atoms with van der Waals surface area (Å²) < 4.78 is 19.6. The molecule has 2 aliphatic heterocycles. The van der Waals surface area contributed by atoms with Gasteiger partial charge in [-0.3, -0.25) is 14.5 Å². The Hall–Kier alpha value is -2.73. The number of fused-ring (bicyclic) bond motifs is 3. The molecule has 0 spiro atoms. The Labute approximate surface area is 169 Å². The number of benzene rings is 2. The summed E-state index contributed by atoms with van der Waals surface area (Å²) in [6.07, 6.45) is 5.24. The molecule has 5 nitrogen and oxygen atoms in total. The molecule has 1 aliphatic carbocycles. The number of likely N-dealkylation sites (N-methyl/N-ethyl adjacent to an activating group) is 1. The number of amides is 1. The van der Waals surface area contributed by atoms with Crippen LogP contribution in [0.2, 0.25) is 0 Å². The van der Waals surface area contributed by atoms with E-state index in [1.807, 2.05) is 6.92 Å². The van der Waals surface area contributed by atoms with E-state index < -0.39 is 11.7 Å². The summed E-state index contributed by atoms with van der Waals surface area (Å²) >= 11 is 0. The van der Waals surface area contributed by atoms with Crippen LogP contribution in [0, 0.1) is 12.7 Å². The fourth-order valence-electron chi connectivity index (χ4n) is 3.55. The average molecular weight is 396 g/mol. The van der Waals surface area contributed by atoms with Crippen LogP contribution in [0.1, 0.15) is 53.2 Å². The van der Waals surface area contributed by atoms with Gasteiger partial charge < -0.3 is 10.1 Å². The topological polar surface area (TPSA) is 58.6 Å². The number of Topliss-reactive ketones (excluding diaryl/α,β-unsaturated/α-hetero) is 1. The number of ether oxygens (including phenoxy) is 1. The third-order valence-electron chi connectivity index (χ3n) is 5.43. The molecule has 0 bridgehead atoms. The van der Waals surface area contributed by atoms with E-state index in [1.165, 1.54) is 31.4 Å². The molecule has 152 valence electrons. The predicted molar refractivity (Wildman–Crippen MR) is 109 cm³/mol. The molecular weight excluding hydrogens is 371 g/mol. The normalized spacial score (nSPS) is 17.1. The number of aryl methyl sites for hydroxylation is 1. The molecule has 3 aliphatic rings. The van der Waals surface area contributed by atoms with Gasteiger partial charge in [-0.25, -0.2) is 4.39 Å². The Kier molecular flexibility index (Phi) is 5.37. The molecule has 1 saturated carbocycles. The summed E-state index contributed by atoms with van der Waals surface area (Å²) in [6.45, 7) is 6.29. The van der Waals surface area contributed by atoms with E-state index in [0.29, 0.717) is 29.3 Å². The molecule has 0 unspecified atom stereocenters. The number of hydrogen-bond acceptors (Lipinski definition) is 4. The van der Waals surface area contributed by atoms with Crippen LogP contribution in [0.15, 0.2) is 24.3 Å². The Morgan fingerprint density at radius 1 is 1.10 bits per heavy atom. The fraction of sp³-hybridized carbons (Fsp3) is 0.391. The van der Waals surface area contributed by atoms with Gasteiger partial charge in [0.25, 0.3) is 11.7 Å². The van der Waals surface area contributed by atoms with Crippen LogP contribution in [-0.2, 0) is 17.8 Å². The van der Waals surface area contributed by atoms with Crippen LogP contribution in [0.3, 0.4) is 0 Å². The zero-order valence-corrected chi connectivity index (χ0v) is 16.8. The molecule has 2 aromatic carbocycles. The summed E-state index contributed by atoms with van der Waals surface area (Å²) in [5.41, 5.74) is 3.60. The van der Waals surface area contributed by atoms with Crippen molar-refractivity contribution < 1.29 is 18.7 Å². The van der Waals surface area contributed by atoms with Crippen LogP contribution in [0.25, 0.3) is 0 Å². The standard InChI is InChI=1S/C20H19FN2O3.C3H6/c1-3-23-7-6-13-15(10-23)18-14(19(24)20(25)22-18)9-17(13)26-16-8-12(21)5-4-11(16)2;1-2-3-1/h4-5,8-9H,3,6-7,10H2,1-2H3,(H,22,24,25);1-3H2. The van der Waals surface area contributed by atoms with Crippen LogP contribution >= 0.6 is 0 Å². The fourth-order valence-corrected chi connectivity index (χ4v) is 3.55. The van der Waals surface area contributed by atoms with Crippen molar-refractivity contribution in [3.05, 3.63) is 52.3 Å². The van der Waals surface area contributed by atoms with E-state index in [0.717, 1.165) is 36.2 Å². The second-order valence-corrected chi connectivity index (χ2v) is 7.73. The Morgan fingerprint density at radius 2 is 1.86 bits per heavy atom. The number of nitrogens with one attached hydrogen (secondary N) is 1. The van der Waals surface area contributed by atoms with Gasteiger partial charge in [0.15, 0.2) is 0 Å². The number of halogens is 1. The van der Waals surface area contributed by atoms with Gasteiger partial charge in [0.05, 0.1) is 11.3 Å². The van der Waals surface area contributed by atoms with Crippen molar-refractivity contribution in [3.8, 4) is 11.5 Å². The lowest BCUT2D eigenvalue weighted by atomic mass is 9.93. The van der Waals surface area contributed by atoms with Gasteiger partial charge in [0, 0.05) is 24.7 Å². The molecule has 0 saturated heterocycles. The van der Waals surface area contributed by atoms with Gasteiger partial charge in [-0.15, -0.1) is 0 Å². The molecule has 29 heavy (non-hydrogen) atoms. The zero-order chi connectivity index (χ0) is 20.5. The maximum absolute atomic E-state index is 13.6. The first kappa shape index (κ1) is 19.6. The highest BCUT2D eigenvalue weighted by Gasteiger charge is 2.35. The average Bonchev–Trinajstić information content (AvgIpc) is 3.57. The number of carbonyl (C=O) groups is 2. The molecule has 5 rings (SSSR count). The number of rotatable bonds is 3.